The Labute approximate surface area is 201 Å². The van der Waals surface area contributed by atoms with E-state index in [1.807, 2.05) is 62.2 Å². The second-order valence-electron chi connectivity index (χ2n) is 8.93. The van der Waals surface area contributed by atoms with Crippen molar-refractivity contribution in [2.75, 3.05) is 23.8 Å². The second-order valence-corrected chi connectivity index (χ2v) is 10.1. The fourth-order valence-corrected chi connectivity index (χ4v) is 6.14. The number of carbonyl (C=O) groups excluding carboxylic acids is 2. The Hall–Kier alpha value is -3.65. The summed E-state index contributed by atoms with van der Waals surface area (Å²) in [4.78, 5) is 36.3. The highest BCUT2D eigenvalue weighted by Crippen LogP contribution is 2.44. The molecule has 2 aliphatic heterocycles. The van der Waals surface area contributed by atoms with Gasteiger partial charge in [-0.1, -0.05) is 30.3 Å². The highest BCUT2D eigenvalue weighted by molar-refractivity contribution is 7.15. The molecule has 1 N–H and O–H groups in total. The van der Waals surface area contributed by atoms with Gasteiger partial charge in [-0.2, -0.15) is 0 Å². The maximum absolute atomic E-state index is 13.4. The number of nitrogens with zero attached hydrogens (tertiary/aromatic N) is 4. The fourth-order valence-electron chi connectivity index (χ4n) is 5.31. The lowest BCUT2D eigenvalue weighted by Crippen LogP contribution is -2.51. The molecule has 7 nitrogen and oxygen atoms in total. The Bertz CT molecular complexity index is 1450. The van der Waals surface area contributed by atoms with E-state index in [1.54, 1.807) is 0 Å². The van der Waals surface area contributed by atoms with Gasteiger partial charge >= 0.3 is 0 Å². The van der Waals surface area contributed by atoms with E-state index in [0.717, 1.165) is 44.8 Å². The molecule has 2 aliphatic rings. The van der Waals surface area contributed by atoms with Crippen LogP contribution in [-0.4, -0.2) is 39.9 Å². The molecule has 8 heteroatoms. The summed E-state index contributed by atoms with van der Waals surface area (Å²) in [6, 6.07) is 16.0. The van der Waals surface area contributed by atoms with Gasteiger partial charge in [0.2, 0.25) is 5.91 Å². The molecule has 1 unspecified atom stereocenters. The number of aryl methyl sites for hydroxylation is 2. The molecule has 2 aromatic heterocycles. The number of aromatic nitrogens is 2. The predicted molar refractivity (Wildman–Crippen MR) is 134 cm³/mol. The Kier molecular flexibility index (Phi) is 4.74. The fraction of sp³-hybridized carbons (Fsp3) is 0.269. The number of amides is 2. The van der Waals surface area contributed by atoms with Crippen LogP contribution in [0.5, 0.6) is 0 Å². The Morgan fingerprint density at radius 2 is 1.91 bits per heavy atom. The summed E-state index contributed by atoms with van der Waals surface area (Å²) in [5.74, 6) is -0.0843. The number of thiazole rings is 1. The standard InChI is InChI=1S/C26H25N5O2S/c1-15-16(2)34-26(27-15)28-22(32)14-31-21-11-7-4-8-17(21)18-12-13-30-24(23(18)31)29(3)20-10-6-5-9-19(20)25(30)33/h4-11,24H,12-14H2,1-3H3,(H,27,28,32). The van der Waals surface area contributed by atoms with E-state index in [0.29, 0.717) is 11.7 Å². The minimum absolute atomic E-state index is 0.0411. The summed E-state index contributed by atoms with van der Waals surface area (Å²) in [5, 5.41) is 4.74. The first kappa shape index (κ1) is 20.9. The average molecular weight is 472 g/mol. The van der Waals surface area contributed by atoms with Crippen molar-refractivity contribution in [3.8, 4) is 0 Å². The third-order valence-corrected chi connectivity index (χ3v) is 7.97. The second kappa shape index (κ2) is 7.70. The third-order valence-electron chi connectivity index (χ3n) is 6.98. The molecule has 2 amide bonds. The van der Waals surface area contributed by atoms with Gasteiger partial charge in [-0.15, -0.1) is 11.3 Å². The van der Waals surface area contributed by atoms with Crippen molar-refractivity contribution in [2.45, 2.75) is 33.0 Å². The summed E-state index contributed by atoms with van der Waals surface area (Å²) >= 11 is 1.49. The maximum atomic E-state index is 13.4. The van der Waals surface area contributed by atoms with Crippen molar-refractivity contribution in [1.82, 2.24) is 14.5 Å². The molecule has 2 aromatic carbocycles. The maximum Gasteiger partial charge on any atom is 0.257 e. The number of hydrogen-bond acceptors (Lipinski definition) is 5. The molecule has 34 heavy (non-hydrogen) atoms. The van der Waals surface area contributed by atoms with Gasteiger partial charge < -0.3 is 19.7 Å². The Morgan fingerprint density at radius 3 is 2.71 bits per heavy atom. The summed E-state index contributed by atoms with van der Waals surface area (Å²) in [6.07, 6.45) is 0.490. The van der Waals surface area contributed by atoms with Crippen LogP contribution in [0.1, 0.15) is 38.4 Å². The average Bonchev–Trinajstić information content (AvgIpc) is 3.33. The number of rotatable bonds is 3. The molecular formula is C26H25N5O2S. The van der Waals surface area contributed by atoms with E-state index in [9.17, 15) is 9.59 Å². The summed E-state index contributed by atoms with van der Waals surface area (Å²) in [5.41, 5.74) is 5.80. The molecule has 0 saturated carbocycles. The van der Waals surface area contributed by atoms with Gasteiger partial charge in [0.15, 0.2) is 5.13 Å². The normalized spacial score (nSPS) is 16.9. The van der Waals surface area contributed by atoms with Crippen molar-refractivity contribution in [3.63, 3.8) is 0 Å². The van der Waals surface area contributed by atoms with Crippen LogP contribution in [0.3, 0.4) is 0 Å². The van der Waals surface area contributed by atoms with Crippen molar-refractivity contribution < 1.29 is 9.59 Å². The van der Waals surface area contributed by atoms with Crippen LogP contribution in [-0.2, 0) is 17.8 Å². The van der Waals surface area contributed by atoms with Gasteiger partial charge in [-0.05, 0) is 44.0 Å². The number of nitrogens with one attached hydrogen (secondary N) is 1. The predicted octanol–water partition coefficient (Wildman–Crippen LogP) is 4.50. The first-order valence-corrected chi connectivity index (χ1v) is 12.2. The topological polar surface area (TPSA) is 70.5 Å². The van der Waals surface area contributed by atoms with E-state index in [2.05, 4.69) is 31.9 Å². The van der Waals surface area contributed by atoms with E-state index in [-0.39, 0.29) is 24.5 Å². The van der Waals surface area contributed by atoms with Gasteiger partial charge in [0, 0.05) is 29.4 Å². The van der Waals surface area contributed by atoms with Gasteiger partial charge in [-0.25, -0.2) is 4.98 Å². The molecule has 4 heterocycles. The van der Waals surface area contributed by atoms with E-state index < -0.39 is 0 Å². The zero-order valence-corrected chi connectivity index (χ0v) is 20.1. The van der Waals surface area contributed by atoms with Crippen molar-refractivity contribution >= 4 is 44.9 Å². The summed E-state index contributed by atoms with van der Waals surface area (Å²) in [7, 11) is 2.03. The van der Waals surface area contributed by atoms with Gasteiger partial charge in [0.05, 0.1) is 22.6 Å². The van der Waals surface area contributed by atoms with Crippen LogP contribution in [0.25, 0.3) is 10.9 Å². The molecule has 4 aromatic rings. The van der Waals surface area contributed by atoms with Gasteiger partial charge in [-0.3, -0.25) is 9.59 Å². The number of benzene rings is 2. The van der Waals surface area contributed by atoms with Crippen LogP contribution in [0, 0.1) is 13.8 Å². The number of anilines is 2. The number of carbonyl (C=O) groups is 2. The monoisotopic (exact) mass is 471 g/mol. The van der Waals surface area contributed by atoms with E-state index >= 15 is 0 Å². The lowest BCUT2D eigenvalue weighted by Gasteiger charge is -2.46. The summed E-state index contributed by atoms with van der Waals surface area (Å²) in [6.45, 7) is 4.75. The lowest BCUT2D eigenvalue weighted by molar-refractivity contribution is -0.116. The van der Waals surface area contributed by atoms with Crippen LogP contribution in [0.4, 0.5) is 10.8 Å². The number of para-hydroxylation sites is 2. The van der Waals surface area contributed by atoms with Crippen LogP contribution >= 0.6 is 11.3 Å². The molecular weight excluding hydrogens is 446 g/mol. The highest BCUT2D eigenvalue weighted by Gasteiger charge is 2.42. The zero-order valence-electron chi connectivity index (χ0n) is 19.3. The Morgan fingerprint density at radius 1 is 1.15 bits per heavy atom. The third kappa shape index (κ3) is 3.05. The summed E-state index contributed by atoms with van der Waals surface area (Å²) < 4.78 is 2.09. The SMILES string of the molecule is Cc1nc(NC(=O)Cn2c3c(c4ccccc42)CCN2C(=O)c4ccccc4N(C)C32)sc1C. The number of hydrogen-bond donors (Lipinski definition) is 1. The van der Waals surface area contributed by atoms with Crippen molar-refractivity contribution in [2.24, 2.45) is 0 Å². The Balaban J connectivity index is 1.46. The molecule has 0 radical (unpaired) electrons. The van der Waals surface area contributed by atoms with Gasteiger partial charge in [0.1, 0.15) is 12.7 Å². The molecule has 0 saturated heterocycles. The van der Waals surface area contributed by atoms with E-state index in [1.165, 1.54) is 16.9 Å². The van der Waals surface area contributed by atoms with Crippen molar-refractivity contribution in [1.29, 1.82) is 0 Å². The van der Waals surface area contributed by atoms with E-state index in [4.69, 9.17) is 0 Å². The molecule has 1 atom stereocenters. The molecule has 0 aliphatic carbocycles. The molecule has 0 fully saturated rings. The minimum atomic E-state index is -0.268. The van der Waals surface area contributed by atoms with Crippen LogP contribution in [0.2, 0.25) is 0 Å². The zero-order chi connectivity index (χ0) is 23.6. The van der Waals surface area contributed by atoms with Crippen LogP contribution in [0.15, 0.2) is 48.5 Å². The molecule has 6 rings (SSSR count). The molecule has 0 bridgehead atoms. The largest absolute Gasteiger partial charge is 0.349 e. The lowest BCUT2D eigenvalue weighted by atomic mass is 9.96. The number of fused-ring (bicyclic) bond motifs is 6. The first-order valence-electron chi connectivity index (χ1n) is 11.4. The molecule has 172 valence electrons. The first-order chi connectivity index (χ1) is 16.4. The highest BCUT2D eigenvalue weighted by atomic mass is 32.1. The van der Waals surface area contributed by atoms with Crippen LogP contribution < -0.4 is 10.2 Å². The quantitative estimate of drug-likeness (QED) is 0.478. The smallest absolute Gasteiger partial charge is 0.257 e. The minimum Gasteiger partial charge on any atom is -0.349 e. The van der Waals surface area contributed by atoms with Crippen molar-refractivity contribution in [3.05, 3.63) is 75.9 Å². The van der Waals surface area contributed by atoms with Gasteiger partial charge in [0.25, 0.3) is 5.91 Å². The molecule has 0 spiro atoms.